The van der Waals surface area contributed by atoms with Crippen molar-refractivity contribution < 1.29 is 38.6 Å². The molecule has 0 saturated carbocycles. The van der Waals surface area contributed by atoms with Gasteiger partial charge in [0.15, 0.2) is 11.5 Å². The largest absolute Gasteiger partial charge is 0.506 e. The first-order valence-electron chi connectivity index (χ1n) is 11.1. The van der Waals surface area contributed by atoms with Gasteiger partial charge in [0.05, 0.1) is 37.9 Å². The van der Waals surface area contributed by atoms with Crippen LogP contribution in [0, 0.1) is 10.1 Å². The van der Waals surface area contributed by atoms with Crippen molar-refractivity contribution in [3.8, 4) is 17.2 Å². The molecule has 0 spiro atoms. The van der Waals surface area contributed by atoms with E-state index in [-0.39, 0.29) is 41.1 Å². The Bertz CT molecular complexity index is 1300. The molecule has 1 N–H and O–H groups in total. The van der Waals surface area contributed by atoms with Gasteiger partial charge in [0.2, 0.25) is 5.78 Å². The number of carbonyl (C=O) groups is 2. The third kappa shape index (κ3) is 6.12. The number of carboxylic acid groups (broad SMARTS) is 1. The summed E-state index contributed by atoms with van der Waals surface area (Å²) < 4.78 is 22.1. The fourth-order valence-corrected chi connectivity index (χ4v) is 3.57. The molecule has 196 valence electrons. The van der Waals surface area contributed by atoms with E-state index in [0.29, 0.717) is 11.3 Å². The molecule has 3 aromatic rings. The summed E-state index contributed by atoms with van der Waals surface area (Å²) in [6.45, 7) is 4.93. The molecule has 0 aliphatic heterocycles. The third-order valence-electron chi connectivity index (χ3n) is 5.22. The second-order valence-electron chi connectivity index (χ2n) is 8.13. The fraction of sp³-hybridized carbons (Fsp3) is 0.333. The predicted molar refractivity (Wildman–Crippen MR) is 128 cm³/mol. The molecule has 0 fully saturated rings. The molecule has 0 amide bonds. The molecule has 0 aliphatic rings. The van der Waals surface area contributed by atoms with Crippen molar-refractivity contribution in [3.05, 3.63) is 69.0 Å². The Balaban J connectivity index is 2.18. The highest BCUT2D eigenvalue weighted by Crippen LogP contribution is 2.37. The summed E-state index contributed by atoms with van der Waals surface area (Å²) in [5.41, 5.74) is -0.409. The lowest BCUT2D eigenvalue weighted by Gasteiger charge is -2.16. The summed E-state index contributed by atoms with van der Waals surface area (Å²) >= 11 is 0. The average Bonchev–Trinajstić information content (AvgIpc) is 3.26. The monoisotopic (exact) mass is 514 g/mol. The highest BCUT2D eigenvalue weighted by Gasteiger charge is 2.33. The van der Waals surface area contributed by atoms with Crippen LogP contribution in [0.5, 0.6) is 17.2 Å². The maximum absolute atomic E-state index is 13.9. The van der Waals surface area contributed by atoms with Gasteiger partial charge in [0, 0.05) is 6.07 Å². The quantitative estimate of drug-likeness (QED) is 0.170. The van der Waals surface area contributed by atoms with Crippen molar-refractivity contribution in [2.45, 2.75) is 39.5 Å². The van der Waals surface area contributed by atoms with E-state index in [1.165, 1.54) is 31.9 Å². The van der Waals surface area contributed by atoms with Crippen LogP contribution in [0.2, 0.25) is 0 Å². The third-order valence-corrected chi connectivity index (χ3v) is 5.22. The smallest absolute Gasteiger partial charge is 0.497 e. The van der Waals surface area contributed by atoms with Crippen molar-refractivity contribution in [2.24, 2.45) is 0 Å². The molecule has 37 heavy (non-hydrogen) atoms. The van der Waals surface area contributed by atoms with Crippen LogP contribution < -0.4 is 14.2 Å². The first-order valence-corrected chi connectivity index (χ1v) is 11.1. The summed E-state index contributed by atoms with van der Waals surface area (Å²) in [7, 11) is 2.85. The first kappa shape index (κ1) is 26.9. The van der Waals surface area contributed by atoms with Gasteiger partial charge in [0.1, 0.15) is 28.8 Å². The van der Waals surface area contributed by atoms with Crippen LogP contribution in [0.4, 0.5) is 10.5 Å². The number of methoxy groups -OCH3 is 2. The summed E-state index contributed by atoms with van der Waals surface area (Å²) in [6.07, 6.45) is -3.09. The number of carbonyl (C=O) groups excluding carboxylic acids is 1. The van der Waals surface area contributed by atoms with Crippen LogP contribution in [0.15, 0.2) is 36.4 Å². The van der Waals surface area contributed by atoms with Gasteiger partial charge in [-0.1, -0.05) is 17.3 Å². The highest BCUT2D eigenvalue weighted by molar-refractivity contribution is 6.11. The van der Waals surface area contributed by atoms with E-state index >= 15 is 0 Å². The van der Waals surface area contributed by atoms with Crippen LogP contribution in [0.1, 0.15) is 54.2 Å². The Labute approximate surface area is 211 Å². The van der Waals surface area contributed by atoms with Crippen molar-refractivity contribution in [1.29, 1.82) is 0 Å². The van der Waals surface area contributed by atoms with E-state index in [9.17, 15) is 19.7 Å². The van der Waals surface area contributed by atoms with Crippen molar-refractivity contribution in [1.82, 2.24) is 15.0 Å². The molecular formula is C24H26N4O9. The van der Waals surface area contributed by atoms with Gasteiger partial charge < -0.3 is 24.1 Å². The minimum atomic E-state index is -1.58. The Hall–Kier alpha value is -4.68. The predicted octanol–water partition coefficient (Wildman–Crippen LogP) is 4.03. The highest BCUT2D eigenvalue weighted by atomic mass is 16.7. The van der Waals surface area contributed by atoms with Crippen LogP contribution in [-0.4, -0.2) is 57.3 Å². The van der Waals surface area contributed by atoms with Gasteiger partial charge in [-0.15, -0.1) is 5.10 Å². The van der Waals surface area contributed by atoms with E-state index in [0.717, 1.165) is 6.07 Å². The molecule has 0 bridgehead atoms. The zero-order valence-corrected chi connectivity index (χ0v) is 20.8. The normalized spacial score (nSPS) is 11.6. The summed E-state index contributed by atoms with van der Waals surface area (Å²) in [5.74, 6) is -0.00621. The topological polar surface area (TPSA) is 165 Å². The molecular weight excluding hydrogens is 488 g/mol. The SMILES string of the molecule is COc1ccc(Cn2nnc(C(C)OC(=O)O)c2C(=O)c2cc(OC(C)C)c(OC)cc2[N+](=O)[O-])cc1. The minimum Gasteiger partial charge on any atom is -0.497 e. The number of rotatable bonds is 11. The van der Waals surface area contributed by atoms with Crippen molar-refractivity contribution >= 4 is 17.6 Å². The number of ketones is 1. The Morgan fingerprint density at radius 1 is 1.08 bits per heavy atom. The van der Waals surface area contributed by atoms with Gasteiger partial charge in [-0.3, -0.25) is 14.9 Å². The molecule has 2 aromatic carbocycles. The molecule has 13 heteroatoms. The Morgan fingerprint density at radius 3 is 2.30 bits per heavy atom. The van der Waals surface area contributed by atoms with Crippen LogP contribution in [0.3, 0.4) is 0 Å². The van der Waals surface area contributed by atoms with Crippen molar-refractivity contribution in [2.75, 3.05) is 14.2 Å². The number of aromatic nitrogens is 3. The van der Waals surface area contributed by atoms with Gasteiger partial charge in [-0.25, -0.2) is 9.48 Å². The van der Waals surface area contributed by atoms with E-state index < -0.39 is 28.7 Å². The van der Waals surface area contributed by atoms with E-state index in [1.54, 1.807) is 38.1 Å². The van der Waals surface area contributed by atoms with E-state index in [4.69, 9.17) is 24.1 Å². The van der Waals surface area contributed by atoms with E-state index in [1.807, 2.05) is 0 Å². The molecule has 1 unspecified atom stereocenters. The Morgan fingerprint density at radius 2 is 1.76 bits per heavy atom. The van der Waals surface area contributed by atoms with E-state index in [2.05, 4.69) is 10.3 Å². The number of hydrogen-bond acceptors (Lipinski definition) is 10. The second kappa shape index (κ2) is 11.4. The Kier molecular flexibility index (Phi) is 8.27. The maximum atomic E-state index is 13.9. The lowest BCUT2D eigenvalue weighted by Crippen LogP contribution is -2.18. The lowest BCUT2D eigenvalue weighted by atomic mass is 10.0. The van der Waals surface area contributed by atoms with Gasteiger partial charge >= 0.3 is 6.16 Å². The molecule has 0 radical (unpaired) electrons. The summed E-state index contributed by atoms with van der Waals surface area (Å²) in [4.78, 5) is 36.2. The standard InChI is InChI=1S/C24H26N4O9/c1-13(2)36-20-10-17(18(28(32)33)11-19(20)35-5)23(29)22-21(14(3)37-24(30)31)25-26-27(22)12-15-6-8-16(34-4)9-7-15/h6-11,13-14H,12H2,1-5H3,(H,30,31). The lowest BCUT2D eigenvalue weighted by molar-refractivity contribution is -0.385. The molecule has 13 nitrogen and oxygen atoms in total. The van der Waals surface area contributed by atoms with Crippen molar-refractivity contribution in [3.63, 3.8) is 0 Å². The van der Waals surface area contributed by atoms with Crippen LogP contribution in [-0.2, 0) is 11.3 Å². The number of hydrogen-bond donors (Lipinski definition) is 1. The zero-order chi connectivity index (χ0) is 27.3. The van der Waals surface area contributed by atoms with Crippen LogP contribution in [0.25, 0.3) is 0 Å². The fourth-order valence-electron chi connectivity index (χ4n) is 3.57. The first-order chi connectivity index (χ1) is 17.5. The second-order valence-corrected chi connectivity index (χ2v) is 8.13. The molecule has 3 rings (SSSR count). The summed E-state index contributed by atoms with van der Waals surface area (Å²) in [5, 5.41) is 29.0. The van der Waals surface area contributed by atoms with Gasteiger partial charge in [0.25, 0.3) is 5.69 Å². The maximum Gasteiger partial charge on any atom is 0.506 e. The number of nitro benzene ring substituents is 1. The molecule has 0 aliphatic carbocycles. The van der Waals surface area contributed by atoms with Gasteiger partial charge in [-0.2, -0.15) is 0 Å². The zero-order valence-electron chi connectivity index (χ0n) is 20.8. The number of nitro groups is 1. The molecule has 1 aromatic heterocycles. The van der Waals surface area contributed by atoms with Gasteiger partial charge in [-0.05, 0) is 38.5 Å². The molecule has 1 atom stereocenters. The minimum absolute atomic E-state index is 0.0527. The van der Waals surface area contributed by atoms with Crippen LogP contribution >= 0.6 is 0 Å². The number of benzene rings is 2. The molecule has 0 saturated heterocycles. The molecule has 1 heterocycles. The number of nitrogens with zero attached hydrogens (tertiary/aromatic N) is 4. The average molecular weight is 514 g/mol. The summed E-state index contributed by atoms with van der Waals surface area (Å²) in [6, 6.07) is 9.24. The number of ether oxygens (including phenoxy) is 4.